The molecule has 19 heavy (non-hydrogen) atoms. The van der Waals surface area contributed by atoms with E-state index in [2.05, 4.69) is 6.92 Å². The van der Waals surface area contributed by atoms with Gasteiger partial charge in [-0.05, 0) is 30.7 Å². The van der Waals surface area contributed by atoms with Gasteiger partial charge in [-0.15, -0.1) is 11.3 Å². The first-order chi connectivity index (χ1) is 9.11. The third-order valence-corrected chi connectivity index (χ3v) is 4.63. The van der Waals surface area contributed by atoms with Gasteiger partial charge < -0.3 is 4.74 Å². The molecule has 2 rings (SSSR count). The van der Waals surface area contributed by atoms with Crippen LogP contribution in [0.15, 0.2) is 30.3 Å². The lowest BCUT2D eigenvalue weighted by atomic mass is 10.3. The number of hydrogen-bond donors (Lipinski definition) is 0. The zero-order valence-electron chi connectivity index (χ0n) is 10.3. The van der Waals surface area contributed by atoms with E-state index in [1.807, 2.05) is 12.1 Å². The molecule has 1 aromatic carbocycles. The number of aryl methyl sites for hydroxylation is 1. The highest BCUT2D eigenvalue weighted by Gasteiger charge is 2.12. The maximum atomic E-state index is 12.0. The third kappa shape index (κ3) is 3.50. The molecule has 0 saturated heterocycles. The van der Waals surface area contributed by atoms with Gasteiger partial charge in [0, 0.05) is 4.88 Å². The normalized spacial score (nSPS) is 10.5. The Hall–Kier alpha value is -1.03. The summed E-state index contributed by atoms with van der Waals surface area (Å²) in [6.07, 6.45) is 0.929. The van der Waals surface area contributed by atoms with Crippen molar-refractivity contribution in [3.05, 3.63) is 50.1 Å². The van der Waals surface area contributed by atoms with Crippen molar-refractivity contribution in [3.63, 3.8) is 0 Å². The van der Waals surface area contributed by atoms with E-state index >= 15 is 0 Å². The number of carbonyl (C=O) groups is 1. The smallest absolute Gasteiger partial charge is 0.210 e. The van der Waals surface area contributed by atoms with Crippen molar-refractivity contribution in [1.29, 1.82) is 0 Å². The number of hydrogen-bond acceptors (Lipinski definition) is 3. The van der Waals surface area contributed by atoms with E-state index in [4.69, 9.17) is 27.9 Å². The predicted octanol–water partition coefficient (Wildman–Crippen LogP) is 4.88. The van der Waals surface area contributed by atoms with Crippen LogP contribution in [0.3, 0.4) is 0 Å². The van der Waals surface area contributed by atoms with Crippen molar-refractivity contribution in [2.45, 2.75) is 13.3 Å². The Morgan fingerprint density at radius 1 is 1.26 bits per heavy atom. The molecule has 0 fully saturated rings. The molecule has 1 aromatic heterocycles. The van der Waals surface area contributed by atoms with Crippen molar-refractivity contribution in [2.24, 2.45) is 0 Å². The average Bonchev–Trinajstić information content (AvgIpc) is 2.89. The quantitative estimate of drug-likeness (QED) is 0.735. The minimum absolute atomic E-state index is 0.0380. The third-order valence-electron chi connectivity index (χ3n) is 2.56. The number of halogens is 2. The Bertz CT molecular complexity index is 593. The second-order valence-corrected chi connectivity index (χ2v) is 5.84. The Morgan fingerprint density at radius 2 is 2.05 bits per heavy atom. The summed E-state index contributed by atoms with van der Waals surface area (Å²) in [5.74, 6) is 0.371. The summed E-state index contributed by atoms with van der Waals surface area (Å²) in [5, 5.41) is 0.744. The number of rotatable bonds is 5. The Labute approximate surface area is 125 Å². The lowest BCUT2D eigenvalue weighted by Gasteiger charge is -2.07. The Morgan fingerprint density at radius 3 is 2.74 bits per heavy atom. The minimum atomic E-state index is -0.0549. The fraction of sp³-hybridized carbons (Fsp3) is 0.214. The zero-order valence-corrected chi connectivity index (χ0v) is 12.6. The molecule has 0 bridgehead atoms. The van der Waals surface area contributed by atoms with Crippen molar-refractivity contribution >= 4 is 40.3 Å². The molecule has 0 spiro atoms. The van der Waals surface area contributed by atoms with Crippen molar-refractivity contribution in [2.75, 3.05) is 6.61 Å². The molecule has 2 aromatic rings. The first kappa shape index (κ1) is 14.4. The molecule has 0 amide bonds. The molecule has 0 aliphatic heterocycles. The maximum Gasteiger partial charge on any atom is 0.210 e. The van der Waals surface area contributed by atoms with Crippen LogP contribution >= 0.6 is 34.5 Å². The highest BCUT2D eigenvalue weighted by molar-refractivity contribution is 7.14. The molecule has 0 aliphatic rings. The SMILES string of the molecule is CCc1ccc(C(=O)COc2cccc(Cl)c2Cl)s1. The highest BCUT2D eigenvalue weighted by Crippen LogP contribution is 2.31. The van der Waals surface area contributed by atoms with E-state index in [-0.39, 0.29) is 12.4 Å². The summed E-state index contributed by atoms with van der Waals surface area (Å²) < 4.78 is 5.42. The number of thiophene rings is 1. The van der Waals surface area contributed by atoms with Gasteiger partial charge in [-0.3, -0.25) is 4.79 Å². The van der Waals surface area contributed by atoms with E-state index in [1.54, 1.807) is 18.2 Å². The first-order valence-electron chi connectivity index (χ1n) is 5.80. The summed E-state index contributed by atoms with van der Waals surface area (Å²) in [6.45, 7) is 2.02. The second-order valence-electron chi connectivity index (χ2n) is 3.88. The van der Waals surface area contributed by atoms with Gasteiger partial charge in [0.15, 0.2) is 6.61 Å². The van der Waals surface area contributed by atoms with E-state index in [0.717, 1.165) is 6.42 Å². The van der Waals surface area contributed by atoms with Gasteiger partial charge in [-0.1, -0.05) is 36.2 Å². The highest BCUT2D eigenvalue weighted by atomic mass is 35.5. The molecule has 0 atom stereocenters. The second kappa shape index (κ2) is 6.42. The van der Waals surface area contributed by atoms with Gasteiger partial charge in [0.25, 0.3) is 0 Å². The number of ether oxygens (including phenoxy) is 1. The minimum Gasteiger partial charge on any atom is -0.484 e. The molecule has 0 radical (unpaired) electrons. The first-order valence-corrected chi connectivity index (χ1v) is 7.37. The molecule has 0 aliphatic carbocycles. The molecule has 0 N–H and O–H groups in total. The van der Waals surface area contributed by atoms with Crippen molar-refractivity contribution in [3.8, 4) is 5.75 Å². The zero-order chi connectivity index (χ0) is 13.8. The molecular formula is C14H12Cl2O2S. The fourth-order valence-corrected chi connectivity index (χ4v) is 2.75. The van der Waals surface area contributed by atoms with Gasteiger partial charge in [0.1, 0.15) is 10.8 Å². The maximum absolute atomic E-state index is 12.0. The van der Waals surface area contributed by atoms with Gasteiger partial charge in [0.2, 0.25) is 5.78 Å². The summed E-state index contributed by atoms with van der Waals surface area (Å²) >= 11 is 13.4. The van der Waals surface area contributed by atoms with E-state index in [1.165, 1.54) is 16.2 Å². The van der Waals surface area contributed by atoms with Crippen LogP contribution in [-0.2, 0) is 6.42 Å². The standard InChI is InChI=1S/C14H12Cl2O2S/c1-2-9-6-7-13(19-9)11(17)8-18-12-5-3-4-10(15)14(12)16/h3-7H,2,8H2,1H3. The molecule has 100 valence electrons. The molecule has 0 unspecified atom stereocenters. The van der Waals surface area contributed by atoms with Crippen molar-refractivity contribution in [1.82, 2.24) is 0 Å². The summed E-state index contributed by atoms with van der Waals surface area (Å²) in [4.78, 5) is 13.8. The Kier molecular flexibility index (Phi) is 4.86. The van der Waals surface area contributed by atoms with E-state index in [9.17, 15) is 4.79 Å². The summed E-state index contributed by atoms with van der Waals surface area (Å²) in [6, 6.07) is 8.88. The molecule has 0 saturated carbocycles. The van der Waals surface area contributed by atoms with Crippen LogP contribution in [0.1, 0.15) is 21.5 Å². The van der Waals surface area contributed by atoms with Crippen LogP contribution in [0.2, 0.25) is 10.0 Å². The molecule has 5 heteroatoms. The van der Waals surface area contributed by atoms with Crippen LogP contribution in [0, 0.1) is 0 Å². The van der Waals surface area contributed by atoms with Crippen LogP contribution < -0.4 is 4.74 Å². The van der Waals surface area contributed by atoms with Crippen LogP contribution in [-0.4, -0.2) is 12.4 Å². The fourth-order valence-electron chi connectivity index (χ4n) is 1.53. The number of Topliss-reactive ketones (excluding diaryl/α,β-unsaturated/α-hetero) is 1. The topological polar surface area (TPSA) is 26.3 Å². The predicted molar refractivity (Wildman–Crippen MR) is 80.0 cm³/mol. The summed E-state index contributed by atoms with van der Waals surface area (Å²) in [5.41, 5.74) is 0. The molecule has 2 nitrogen and oxygen atoms in total. The molecular weight excluding hydrogens is 303 g/mol. The van der Waals surface area contributed by atoms with Gasteiger partial charge in [-0.25, -0.2) is 0 Å². The largest absolute Gasteiger partial charge is 0.484 e. The number of ketones is 1. The van der Waals surface area contributed by atoms with Crippen LogP contribution in [0.5, 0.6) is 5.75 Å². The van der Waals surface area contributed by atoms with Gasteiger partial charge in [0.05, 0.1) is 9.90 Å². The van der Waals surface area contributed by atoms with Crippen LogP contribution in [0.4, 0.5) is 0 Å². The van der Waals surface area contributed by atoms with Crippen LogP contribution in [0.25, 0.3) is 0 Å². The van der Waals surface area contributed by atoms with E-state index < -0.39 is 0 Å². The molecule has 1 heterocycles. The van der Waals surface area contributed by atoms with E-state index in [0.29, 0.717) is 20.7 Å². The van der Waals surface area contributed by atoms with Crippen molar-refractivity contribution < 1.29 is 9.53 Å². The Balaban J connectivity index is 2.02. The lowest BCUT2D eigenvalue weighted by molar-refractivity contribution is 0.0925. The van der Waals surface area contributed by atoms with Gasteiger partial charge in [-0.2, -0.15) is 0 Å². The monoisotopic (exact) mass is 314 g/mol. The summed E-state index contributed by atoms with van der Waals surface area (Å²) in [7, 11) is 0. The lowest BCUT2D eigenvalue weighted by Crippen LogP contribution is -2.10. The number of carbonyl (C=O) groups excluding carboxylic acids is 1. The number of benzene rings is 1. The average molecular weight is 315 g/mol. The van der Waals surface area contributed by atoms with Gasteiger partial charge >= 0.3 is 0 Å².